The van der Waals surface area contributed by atoms with E-state index in [2.05, 4.69) is 32.8 Å². The highest BCUT2D eigenvalue weighted by molar-refractivity contribution is 5.52. The lowest BCUT2D eigenvalue weighted by atomic mass is 10.2. The summed E-state index contributed by atoms with van der Waals surface area (Å²) < 4.78 is 6.38. The van der Waals surface area contributed by atoms with Crippen molar-refractivity contribution in [2.75, 3.05) is 51.2 Å². The van der Waals surface area contributed by atoms with Gasteiger partial charge in [0.15, 0.2) is 11.6 Å². The molecular weight excluding hydrogens is 300 g/mol. The molecule has 0 radical (unpaired) electrons. The van der Waals surface area contributed by atoms with Gasteiger partial charge in [0.2, 0.25) is 0 Å². The number of nitrogens with zero attached hydrogens (tertiary/aromatic N) is 4. The summed E-state index contributed by atoms with van der Waals surface area (Å²) in [5, 5.41) is 0. The second kappa shape index (κ2) is 7.28. The van der Waals surface area contributed by atoms with Crippen molar-refractivity contribution in [2.45, 2.75) is 44.2 Å². The number of rotatable bonds is 5. The zero-order valence-electron chi connectivity index (χ0n) is 14.9. The van der Waals surface area contributed by atoms with Crippen molar-refractivity contribution >= 4 is 5.82 Å². The van der Waals surface area contributed by atoms with E-state index in [0.29, 0.717) is 6.10 Å². The van der Waals surface area contributed by atoms with Crippen molar-refractivity contribution < 1.29 is 4.74 Å². The summed E-state index contributed by atoms with van der Waals surface area (Å²) in [6, 6.07) is 4.82. The third kappa shape index (κ3) is 3.52. The Morgan fingerprint density at radius 1 is 1.12 bits per heavy atom. The number of hydrogen-bond donors (Lipinski definition) is 0. The van der Waals surface area contributed by atoms with Gasteiger partial charge >= 0.3 is 0 Å². The molecule has 1 aromatic rings. The zero-order valence-corrected chi connectivity index (χ0v) is 14.9. The van der Waals surface area contributed by atoms with Gasteiger partial charge in [-0.05, 0) is 57.8 Å². The Labute approximate surface area is 145 Å². The topological polar surface area (TPSA) is 31.8 Å². The second-order valence-electron chi connectivity index (χ2n) is 7.58. The Balaban J connectivity index is 1.35. The van der Waals surface area contributed by atoms with Crippen LogP contribution in [0.1, 0.15) is 32.1 Å². The van der Waals surface area contributed by atoms with Crippen molar-refractivity contribution in [1.29, 1.82) is 0 Å². The summed E-state index contributed by atoms with van der Waals surface area (Å²) in [4.78, 5) is 12.1. The van der Waals surface area contributed by atoms with Crippen LogP contribution < -0.4 is 9.64 Å². The molecule has 5 heteroatoms. The first kappa shape index (κ1) is 16.2. The van der Waals surface area contributed by atoms with Crippen molar-refractivity contribution in [3.63, 3.8) is 0 Å². The average Bonchev–Trinajstić information content (AvgIpc) is 3.32. The Morgan fingerprint density at radius 3 is 2.79 bits per heavy atom. The predicted molar refractivity (Wildman–Crippen MR) is 96.8 cm³/mol. The normalized spacial score (nSPS) is 28.8. The summed E-state index contributed by atoms with van der Waals surface area (Å²) in [6.07, 6.45) is 8.55. The van der Waals surface area contributed by atoms with Crippen molar-refractivity contribution in [3.05, 3.63) is 18.3 Å². The number of likely N-dealkylation sites (tertiary alicyclic amines) is 2. The van der Waals surface area contributed by atoms with E-state index in [-0.39, 0.29) is 0 Å². The van der Waals surface area contributed by atoms with Gasteiger partial charge in [-0.25, -0.2) is 4.98 Å². The van der Waals surface area contributed by atoms with E-state index >= 15 is 0 Å². The quantitative estimate of drug-likeness (QED) is 0.826. The molecule has 0 aromatic carbocycles. The van der Waals surface area contributed by atoms with E-state index in [9.17, 15) is 0 Å². The van der Waals surface area contributed by atoms with Gasteiger partial charge in [-0.2, -0.15) is 0 Å². The summed E-state index contributed by atoms with van der Waals surface area (Å²) in [5.41, 5.74) is 0. The average molecular weight is 330 g/mol. The lowest BCUT2D eigenvalue weighted by Gasteiger charge is -2.26. The minimum atomic E-state index is 0.308. The van der Waals surface area contributed by atoms with E-state index in [1.54, 1.807) is 0 Å². The van der Waals surface area contributed by atoms with Crippen molar-refractivity contribution in [1.82, 2.24) is 14.8 Å². The van der Waals surface area contributed by atoms with E-state index < -0.39 is 0 Å². The van der Waals surface area contributed by atoms with Crippen LogP contribution in [0.4, 0.5) is 5.82 Å². The summed E-state index contributed by atoms with van der Waals surface area (Å²) in [6.45, 7) is 6.89. The highest BCUT2D eigenvalue weighted by Gasteiger charge is 2.30. The second-order valence-corrected chi connectivity index (χ2v) is 7.58. The molecule has 3 aliphatic heterocycles. The summed E-state index contributed by atoms with van der Waals surface area (Å²) in [7, 11) is 2.26. The number of pyridine rings is 1. The first-order valence-electron chi connectivity index (χ1n) is 9.59. The largest absolute Gasteiger partial charge is 0.485 e. The number of anilines is 1. The van der Waals surface area contributed by atoms with Crippen LogP contribution >= 0.6 is 0 Å². The maximum absolute atomic E-state index is 6.38. The molecule has 0 N–H and O–H groups in total. The number of ether oxygens (including phenoxy) is 1. The molecule has 5 nitrogen and oxygen atoms in total. The maximum Gasteiger partial charge on any atom is 0.171 e. The fourth-order valence-corrected chi connectivity index (χ4v) is 4.39. The molecule has 1 aromatic heterocycles. The van der Waals surface area contributed by atoms with Crippen molar-refractivity contribution in [2.24, 2.45) is 0 Å². The predicted octanol–water partition coefficient (Wildman–Crippen LogP) is 2.23. The van der Waals surface area contributed by atoms with Crippen LogP contribution in [0.15, 0.2) is 18.3 Å². The van der Waals surface area contributed by atoms with Gasteiger partial charge < -0.3 is 14.5 Å². The third-order valence-electron chi connectivity index (χ3n) is 5.82. The Kier molecular flexibility index (Phi) is 4.90. The fraction of sp³-hybridized carbons (Fsp3) is 0.737. The third-order valence-corrected chi connectivity index (χ3v) is 5.82. The van der Waals surface area contributed by atoms with Crippen LogP contribution in [0.25, 0.3) is 0 Å². The Morgan fingerprint density at radius 2 is 2.00 bits per heavy atom. The maximum atomic E-state index is 6.38. The van der Waals surface area contributed by atoms with Crippen LogP contribution in [0, 0.1) is 0 Å². The van der Waals surface area contributed by atoms with E-state index in [1.165, 1.54) is 38.8 Å². The fourth-order valence-electron chi connectivity index (χ4n) is 4.39. The van der Waals surface area contributed by atoms with Crippen LogP contribution in [-0.4, -0.2) is 73.2 Å². The molecule has 3 fully saturated rings. The molecule has 24 heavy (non-hydrogen) atoms. The van der Waals surface area contributed by atoms with Crippen LogP contribution in [-0.2, 0) is 0 Å². The van der Waals surface area contributed by atoms with Gasteiger partial charge in [-0.15, -0.1) is 0 Å². The summed E-state index contributed by atoms with van der Waals surface area (Å²) in [5.74, 6) is 2.02. The molecule has 132 valence electrons. The first-order valence-corrected chi connectivity index (χ1v) is 9.59. The van der Waals surface area contributed by atoms with Gasteiger partial charge in [0.05, 0.1) is 0 Å². The van der Waals surface area contributed by atoms with Gasteiger partial charge in [0, 0.05) is 45.0 Å². The molecule has 0 saturated carbocycles. The molecular formula is C19H30N4O. The minimum Gasteiger partial charge on any atom is -0.485 e. The lowest BCUT2D eigenvalue weighted by Crippen LogP contribution is -2.38. The highest BCUT2D eigenvalue weighted by atomic mass is 16.5. The Hall–Kier alpha value is -1.33. The molecule has 3 aliphatic rings. The van der Waals surface area contributed by atoms with Crippen LogP contribution in [0.5, 0.6) is 5.75 Å². The van der Waals surface area contributed by atoms with E-state index in [4.69, 9.17) is 4.74 Å². The lowest BCUT2D eigenvalue weighted by molar-refractivity contribution is 0.179. The molecule has 0 unspecified atom stereocenters. The van der Waals surface area contributed by atoms with Gasteiger partial charge in [0.1, 0.15) is 6.10 Å². The Bertz CT molecular complexity index is 546. The minimum absolute atomic E-state index is 0.308. The standard InChI is InChI=1S/C19H30N4O/c1-21-10-5-6-16(21)14-22-13-8-17(15-22)24-18-7-4-9-20-19(18)23-11-2-3-12-23/h4,7,9,16-17H,2-3,5-6,8,10-15H2,1H3/t16-,17-/m1/s1. The monoisotopic (exact) mass is 330 g/mol. The molecule has 0 amide bonds. The van der Waals surface area contributed by atoms with Gasteiger partial charge in [-0.1, -0.05) is 0 Å². The zero-order chi connectivity index (χ0) is 16.4. The molecule has 0 bridgehead atoms. The van der Waals surface area contributed by atoms with Gasteiger partial charge in [0.25, 0.3) is 0 Å². The number of hydrogen-bond acceptors (Lipinski definition) is 5. The molecule has 4 heterocycles. The number of aromatic nitrogens is 1. The molecule has 2 atom stereocenters. The van der Waals surface area contributed by atoms with Crippen molar-refractivity contribution in [3.8, 4) is 5.75 Å². The molecule has 0 aliphatic carbocycles. The van der Waals surface area contributed by atoms with E-state index in [1.807, 2.05) is 12.3 Å². The SMILES string of the molecule is CN1CCC[C@@H]1CN1CC[C@@H](Oc2cccnc2N2CCCC2)C1. The smallest absolute Gasteiger partial charge is 0.171 e. The first-order chi connectivity index (χ1) is 11.8. The van der Waals surface area contributed by atoms with Crippen LogP contribution in [0.2, 0.25) is 0 Å². The number of likely N-dealkylation sites (N-methyl/N-ethyl adjacent to an activating group) is 1. The molecule has 0 spiro atoms. The highest BCUT2D eigenvalue weighted by Crippen LogP contribution is 2.30. The molecule has 4 rings (SSSR count). The van der Waals surface area contributed by atoms with Gasteiger partial charge in [-0.3, -0.25) is 4.90 Å². The van der Waals surface area contributed by atoms with Crippen LogP contribution in [0.3, 0.4) is 0 Å². The molecule has 3 saturated heterocycles. The van der Waals surface area contributed by atoms with E-state index in [0.717, 1.165) is 50.2 Å². The summed E-state index contributed by atoms with van der Waals surface area (Å²) >= 11 is 0.